The number of hydrogen-bond donors (Lipinski definition) is 0. The lowest BCUT2D eigenvalue weighted by Gasteiger charge is -2.10. The topological polar surface area (TPSA) is 61.2 Å². The molecule has 2 aromatic rings. The standard InChI is InChI=1S/C15H15BrN2O3/c1-9-4-5-11(13(6-9)21-3)12(19)7-18-8-17-10(2)14(16)15(18)20/h4-6,8H,7H2,1-3H3. The zero-order chi connectivity index (χ0) is 15.6. The van der Waals surface area contributed by atoms with Gasteiger partial charge < -0.3 is 4.74 Å². The molecule has 0 aliphatic heterocycles. The van der Waals surface area contributed by atoms with Crippen LogP contribution in [-0.4, -0.2) is 22.4 Å². The molecule has 0 aliphatic carbocycles. The average molecular weight is 351 g/mol. The molecule has 0 unspecified atom stereocenters. The van der Waals surface area contributed by atoms with E-state index >= 15 is 0 Å². The Morgan fingerprint density at radius 1 is 1.38 bits per heavy atom. The normalized spacial score (nSPS) is 10.5. The summed E-state index contributed by atoms with van der Waals surface area (Å²) >= 11 is 3.18. The van der Waals surface area contributed by atoms with Gasteiger partial charge >= 0.3 is 0 Å². The molecule has 0 atom stereocenters. The molecule has 0 aliphatic rings. The summed E-state index contributed by atoms with van der Waals surface area (Å²) < 4.78 is 6.87. The van der Waals surface area contributed by atoms with Gasteiger partial charge in [0.25, 0.3) is 5.56 Å². The summed E-state index contributed by atoms with van der Waals surface area (Å²) in [5.41, 5.74) is 1.77. The number of nitrogens with zero attached hydrogens (tertiary/aromatic N) is 2. The number of methoxy groups -OCH3 is 1. The Morgan fingerprint density at radius 2 is 2.10 bits per heavy atom. The van der Waals surface area contributed by atoms with Crippen molar-refractivity contribution in [3.05, 3.63) is 56.2 Å². The van der Waals surface area contributed by atoms with Crippen LogP contribution in [0.25, 0.3) is 0 Å². The molecule has 0 spiro atoms. The van der Waals surface area contributed by atoms with Crippen LogP contribution in [0.15, 0.2) is 33.8 Å². The molecule has 5 nitrogen and oxygen atoms in total. The molecule has 0 bridgehead atoms. The Kier molecular flexibility index (Phi) is 4.57. The molecular formula is C15H15BrN2O3. The number of benzene rings is 1. The molecule has 1 heterocycles. The number of ketones is 1. The first-order valence-electron chi connectivity index (χ1n) is 6.33. The highest BCUT2D eigenvalue weighted by molar-refractivity contribution is 9.10. The lowest BCUT2D eigenvalue weighted by atomic mass is 10.1. The SMILES string of the molecule is COc1cc(C)ccc1C(=O)Cn1cnc(C)c(Br)c1=O. The summed E-state index contributed by atoms with van der Waals surface area (Å²) in [5, 5.41) is 0. The Morgan fingerprint density at radius 3 is 2.76 bits per heavy atom. The van der Waals surface area contributed by atoms with Gasteiger partial charge in [0.15, 0.2) is 5.78 Å². The van der Waals surface area contributed by atoms with Crippen LogP contribution in [0.4, 0.5) is 0 Å². The quantitative estimate of drug-likeness (QED) is 0.795. The van der Waals surface area contributed by atoms with Gasteiger partial charge in [0.05, 0.1) is 31.2 Å². The van der Waals surface area contributed by atoms with Gasteiger partial charge in [0.1, 0.15) is 10.2 Å². The van der Waals surface area contributed by atoms with Crippen molar-refractivity contribution >= 4 is 21.7 Å². The second-order valence-corrected chi connectivity index (χ2v) is 5.50. The van der Waals surface area contributed by atoms with Gasteiger partial charge in [-0.1, -0.05) is 6.07 Å². The number of carbonyl (C=O) groups excluding carboxylic acids is 1. The molecule has 0 amide bonds. The predicted molar refractivity (Wildman–Crippen MR) is 83.0 cm³/mol. The third kappa shape index (κ3) is 3.21. The average Bonchev–Trinajstić information content (AvgIpc) is 2.47. The van der Waals surface area contributed by atoms with Crippen molar-refractivity contribution in [1.82, 2.24) is 9.55 Å². The minimum atomic E-state index is -0.276. The first-order valence-corrected chi connectivity index (χ1v) is 7.12. The monoisotopic (exact) mass is 350 g/mol. The third-order valence-corrected chi connectivity index (χ3v) is 4.04. The first kappa shape index (κ1) is 15.4. The van der Waals surface area contributed by atoms with Gasteiger partial charge in [-0.2, -0.15) is 0 Å². The molecule has 1 aromatic heterocycles. The van der Waals surface area contributed by atoms with Crippen molar-refractivity contribution in [3.63, 3.8) is 0 Å². The summed E-state index contributed by atoms with van der Waals surface area (Å²) in [5.74, 6) is 0.304. The number of Topliss-reactive ketones (excluding diaryl/α,β-unsaturated/α-hetero) is 1. The molecule has 0 saturated heterocycles. The number of ether oxygens (including phenoxy) is 1. The maximum Gasteiger partial charge on any atom is 0.268 e. The van der Waals surface area contributed by atoms with Gasteiger partial charge in [-0.15, -0.1) is 0 Å². The maximum atomic E-state index is 12.4. The number of rotatable bonds is 4. The van der Waals surface area contributed by atoms with Crippen LogP contribution < -0.4 is 10.3 Å². The van der Waals surface area contributed by atoms with Gasteiger partial charge in [0, 0.05) is 0 Å². The van der Waals surface area contributed by atoms with E-state index in [-0.39, 0.29) is 17.9 Å². The van der Waals surface area contributed by atoms with E-state index in [0.717, 1.165) is 5.56 Å². The Hall–Kier alpha value is -1.95. The molecule has 2 rings (SSSR count). The summed E-state index contributed by atoms with van der Waals surface area (Å²) in [4.78, 5) is 28.5. The smallest absolute Gasteiger partial charge is 0.268 e. The maximum absolute atomic E-state index is 12.4. The molecule has 110 valence electrons. The van der Waals surface area contributed by atoms with Gasteiger partial charge in [0.2, 0.25) is 0 Å². The van der Waals surface area contributed by atoms with Crippen LogP contribution in [0.1, 0.15) is 21.6 Å². The van der Waals surface area contributed by atoms with Gasteiger partial charge in [-0.3, -0.25) is 14.2 Å². The van der Waals surface area contributed by atoms with Crippen molar-refractivity contribution in [1.29, 1.82) is 0 Å². The largest absolute Gasteiger partial charge is 0.496 e. The van der Waals surface area contributed by atoms with E-state index < -0.39 is 0 Å². The van der Waals surface area contributed by atoms with Crippen LogP contribution in [0, 0.1) is 13.8 Å². The molecule has 21 heavy (non-hydrogen) atoms. The van der Waals surface area contributed by atoms with E-state index in [4.69, 9.17) is 4.74 Å². The third-order valence-electron chi connectivity index (χ3n) is 3.13. The van der Waals surface area contributed by atoms with Crippen LogP contribution >= 0.6 is 15.9 Å². The fourth-order valence-electron chi connectivity index (χ4n) is 1.93. The van der Waals surface area contributed by atoms with Gasteiger partial charge in [-0.05, 0) is 47.5 Å². The Labute approximate surface area is 130 Å². The Bertz CT molecular complexity index is 753. The van der Waals surface area contributed by atoms with Crippen LogP contribution in [-0.2, 0) is 6.54 Å². The van der Waals surface area contributed by atoms with Crippen molar-refractivity contribution in [2.45, 2.75) is 20.4 Å². The molecule has 6 heteroatoms. The first-order chi connectivity index (χ1) is 9.93. The van der Waals surface area contributed by atoms with Crippen molar-refractivity contribution < 1.29 is 9.53 Å². The van der Waals surface area contributed by atoms with Crippen molar-refractivity contribution in [2.24, 2.45) is 0 Å². The van der Waals surface area contributed by atoms with E-state index in [1.165, 1.54) is 18.0 Å². The fraction of sp³-hybridized carbons (Fsp3) is 0.267. The zero-order valence-corrected chi connectivity index (χ0v) is 13.6. The molecule has 0 N–H and O–H groups in total. The molecular weight excluding hydrogens is 336 g/mol. The number of aryl methyl sites for hydroxylation is 2. The molecule has 1 aromatic carbocycles. The number of aromatic nitrogens is 2. The summed E-state index contributed by atoms with van der Waals surface area (Å²) in [6, 6.07) is 5.33. The van der Waals surface area contributed by atoms with Crippen LogP contribution in [0.5, 0.6) is 5.75 Å². The highest BCUT2D eigenvalue weighted by atomic mass is 79.9. The van der Waals surface area contributed by atoms with E-state index in [9.17, 15) is 9.59 Å². The highest BCUT2D eigenvalue weighted by Gasteiger charge is 2.15. The zero-order valence-electron chi connectivity index (χ0n) is 12.0. The van der Waals surface area contributed by atoms with Crippen LogP contribution in [0.2, 0.25) is 0 Å². The highest BCUT2D eigenvalue weighted by Crippen LogP contribution is 2.20. The molecule has 0 saturated carbocycles. The predicted octanol–water partition coefficient (Wildman–Crippen LogP) is 2.51. The summed E-state index contributed by atoms with van der Waals surface area (Å²) in [7, 11) is 1.52. The van der Waals surface area contributed by atoms with E-state index in [0.29, 0.717) is 21.5 Å². The van der Waals surface area contributed by atoms with Crippen LogP contribution in [0.3, 0.4) is 0 Å². The minimum absolute atomic E-state index is 0.0792. The van der Waals surface area contributed by atoms with E-state index in [1.807, 2.05) is 13.0 Å². The second kappa shape index (κ2) is 6.22. The molecule has 0 radical (unpaired) electrons. The Balaban J connectivity index is 2.35. The second-order valence-electron chi connectivity index (χ2n) is 4.70. The van der Waals surface area contributed by atoms with E-state index in [2.05, 4.69) is 20.9 Å². The lowest BCUT2D eigenvalue weighted by Crippen LogP contribution is -2.26. The number of hydrogen-bond acceptors (Lipinski definition) is 4. The van der Waals surface area contributed by atoms with Crippen molar-refractivity contribution in [3.8, 4) is 5.75 Å². The van der Waals surface area contributed by atoms with Gasteiger partial charge in [-0.25, -0.2) is 4.98 Å². The van der Waals surface area contributed by atoms with Crippen molar-refractivity contribution in [2.75, 3.05) is 7.11 Å². The summed E-state index contributed by atoms with van der Waals surface area (Å²) in [6.07, 6.45) is 1.38. The molecule has 0 fully saturated rings. The van der Waals surface area contributed by atoms with E-state index in [1.54, 1.807) is 19.1 Å². The fourth-order valence-corrected chi connectivity index (χ4v) is 2.26. The number of halogens is 1. The lowest BCUT2D eigenvalue weighted by molar-refractivity contribution is 0.0967. The minimum Gasteiger partial charge on any atom is -0.496 e. The number of carbonyl (C=O) groups is 1. The summed E-state index contributed by atoms with van der Waals surface area (Å²) in [6.45, 7) is 3.56.